The van der Waals surface area contributed by atoms with Crippen LogP contribution in [0.1, 0.15) is 10.6 Å². The van der Waals surface area contributed by atoms with Crippen molar-refractivity contribution in [2.45, 2.75) is 0 Å². The maximum Gasteiger partial charge on any atom is 0.293 e. The van der Waals surface area contributed by atoms with Crippen LogP contribution in [0, 0.1) is 0 Å². The molecule has 2 aromatic heterocycles. The normalized spacial score (nSPS) is 10.7. The van der Waals surface area contributed by atoms with Gasteiger partial charge in [0.1, 0.15) is 5.52 Å². The molecule has 0 unspecified atom stereocenters. The zero-order valence-corrected chi connectivity index (χ0v) is 15.3. The molecule has 134 valence electrons. The number of hydrogen-bond acceptors (Lipinski definition) is 5. The Morgan fingerprint density at radius 2 is 1.93 bits per heavy atom. The van der Waals surface area contributed by atoms with Crippen LogP contribution in [0.15, 0.2) is 69.7 Å². The van der Waals surface area contributed by atoms with E-state index in [0.29, 0.717) is 27.7 Å². The standard InChI is InChI=1S/C19H12ClN3O3S/c20-12-5-8-15-14(10-12)22-18(26-15)11-3-6-13(7-4-11)21-19(27)23-17(24)16-2-1-9-25-16/h1-10H,(H2,21,23,24,27). The average molecular weight is 398 g/mol. The van der Waals surface area contributed by atoms with Crippen molar-refractivity contribution in [1.29, 1.82) is 0 Å². The van der Waals surface area contributed by atoms with Crippen LogP contribution >= 0.6 is 23.8 Å². The first-order chi connectivity index (χ1) is 13.1. The molecule has 0 aliphatic rings. The van der Waals surface area contributed by atoms with Gasteiger partial charge in [0.2, 0.25) is 5.89 Å². The molecule has 0 saturated carbocycles. The summed E-state index contributed by atoms with van der Waals surface area (Å²) in [5, 5.41) is 6.25. The van der Waals surface area contributed by atoms with Gasteiger partial charge in [-0.25, -0.2) is 4.98 Å². The first-order valence-electron chi connectivity index (χ1n) is 7.91. The molecule has 8 heteroatoms. The van der Waals surface area contributed by atoms with Gasteiger partial charge in [-0.3, -0.25) is 10.1 Å². The number of oxazole rings is 1. The van der Waals surface area contributed by atoms with E-state index in [9.17, 15) is 4.79 Å². The highest BCUT2D eigenvalue weighted by Gasteiger charge is 2.11. The van der Waals surface area contributed by atoms with E-state index in [-0.39, 0.29) is 10.9 Å². The Kier molecular flexibility index (Phi) is 4.62. The van der Waals surface area contributed by atoms with E-state index >= 15 is 0 Å². The van der Waals surface area contributed by atoms with Crippen LogP contribution < -0.4 is 10.6 Å². The number of aromatic nitrogens is 1. The third-order valence-corrected chi connectivity index (χ3v) is 4.15. The lowest BCUT2D eigenvalue weighted by molar-refractivity contribution is 0.0950. The van der Waals surface area contributed by atoms with Crippen LogP contribution in [-0.2, 0) is 0 Å². The van der Waals surface area contributed by atoms with Crippen molar-refractivity contribution < 1.29 is 13.6 Å². The molecule has 0 aliphatic carbocycles. The van der Waals surface area contributed by atoms with Crippen molar-refractivity contribution in [2.24, 2.45) is 0 Å². The van der Waals surface area contributed by atoms with E-state index in [1.807, 2.05) is 24.3 Å². The van der Waals surface area contributed by atoms with Crippen molar-refractivity contribution in [2.75, 3.05) is 5.32 Å². The Labute approximate surface area is 164 Å². The summed E-state index contributed by atoms with van der Waals surface area (Å²) in [5.41, 5.74) is 2.88. The number of benzene rings is 2. The van der Waals surface area contributed by atoms with E-state index < -0.39 is 5.91 Å². The molecule has 4 aromatic rings. The number of amides is 1. The smallest absolute Gasteiger partial charge is 0.293 e. The number of thiocarbonyl (C=S) groups is 1. The highest BCUT2D eigenvalue weighted by atomic mass is 35.5. The predicted molar refractivity (Wildman–Crippen MR) is 107 cm³/mol. The van der Waals surface area contributed by atoms with Gasteiger partial charge in [-0.2, -0.15) is 0 Å². The first kappa shape index (κ1) is 17.3. The third kappa shape index (κ3) is 3.84. The highest BCUT2D eigenvalue weighted by molar-refractivity contribution is 7.80. The Bertz CT molecular complexity index is 1120. The fourth-order valence-corrected chi connectivity index (χ4v) is 2.83. The SMILES string of the molecule is O=C(NC(=S)Nc1ccc(-c2nc3cc(Cl)ccc3o2)cc1)c1ccco1. The lowest BCUT2D eigenvalue weighted by atomic mass is 10.2. The number of rotatable bonds is 3. The summed E-state index contributed by atoms with van der Waals surface area (Å²) in [5.74, 6) is 0.261. The summed E-state index contributed by atoms with van der Waals surface area (Å²) in [4.78, 5) is 16.3. The summed E-state index contributed by atoms with van der Waals surface area (Å²) < 4.78 is 10.8. The van der Waals surface area contributed by atoms with Gasteiger partial charge in [0, 0.05) is 16.3 Å². The number of carbonyl (C=O) groups excluding carboxylic acids is 1. The van der Waals surface area contributed by atoms with Crippen LogP contribution in [0.3, 0.4) is 0 Å². The molecule has 0 atom stereocenters. The second-order valence-electron chi connectivity index (χ2n) is 5.59. The topological polar surface area (TPSA) is 80.3 Å². The third-order valence-electron chi connectivity index (χ3n) is 3.71. The molecule has 0 aliphatic heterocycles. The summed E-state index contributed by atoms with van der Waals surface area (Å²) in [6.07, 6.45) is 1.42. The van der Waals surface area contributed by atoms with Gasteiger partial charge >= 0.3 is 0 Å². The molecule has 0 radical (unpaired) electrons. The molecule has 6 nitrogen and oxygen atoms in total. The minimum Gasteiger partial charge on any atom is -0.459 e. The van der Waals surface area contributed by atoms with Gasteiger partial charge in [-0.1, -0.05) is 11.6 Å². The zero-order valence-electron chi connectivity index (χ0n) is 13.7. The summed E-state index contributed by atoms with van der Waals surface area (Å²) >= 11 is 11.1. The van der Waals surface area contributed by atoms with Crippen molar-refractivity contribution in [1.82, 2.24) is 10.3 Å². The molecule has 1 amide bonds. The van der Waals surface area contributed by atoms with Crippen molar-refractivity contribution in [3.63, 3.8) is 0 Å². The lowest BCUT2D eigenvalue weighted by Crippen LogP contribution is -2.33. The fraction of sp³-hybridized carbons (Fsp3) is 0. The summed E-state index contributed by atoms with van der Waals surface area (Å²) in [7, 11) is 0. The van der Waals surface area contributed by atoms with Gasteiger partial charge in [0.25, 0.3) is 5.91 Å². The predicted octanol–water partition coefficient (Wildman–Crippen LogP) is 4.87. The van der Waals surface area contributed by atoms with E-state index in [0.717, 1.165) is 5.56 Å². The molecule has 0 bridgehead atoms. The lowest BCUT2D eigenvalue weighted by Gasteiger charge is -2.08. The number of nitrogens with zero attached hydrogens (tertiary/aromatic N) is 1. The second kappa shape index (κ2) is 7.22. The minimum absolute atomic E-state index is 0.167. The molecule has 27 heavy (non-hydrogen) atoms. The van der Waals surface area contributed by atoms with Crippen LogP contribution in [-0.4, -0.2) is 16.0 Å². The summed E-state index contributed by atoms with van der Waals surface area (Å²) in [6, 6.07) is 15.8. The largest absolute Gasteiger partial charge is 0.459 e. The van der Waals surface area contributed by atoms with Gasteiger partial charge < -0.3 is 14.2 Å². The molecule has 0 fully saturated rings. The Balaban J connectivity index is 1.45. The Morgan fingerprint density at radius 1 is 1.11 bits per heavy atom. The number of furan rings is 1. The molecule has 4 rings (SSSR count). The molecular formula is C19H12ClN3O3S. The van der Waals surface area contributed by atoms with Crippen molar-refractivity contribution in [3.05, 3.63) is 71.6 Å². The molecule has 2 N–H and O–H groups in total. The number of carbonyl (C=O) groups is 1. The Hall–Kier alpha value is -3.16. The van der Waals surface area contributed by atoms with Gasteiger partial charge in [-0.05, 0) is 66.8 Å². The minimum atomic E-state index is -0.417. The number of anilines is 1. The Morgan fingerprint density at radius 3 is 2.67 bits per heavy atom. The van der Waals surface area contributed by atoms with Crippen LogP contribution in [0.25, 0.3) is 22.6 Å². The van der Waals surface area contributed by atoms with E-state index in [1.54, 1.807) is 30.3 Å². The van der Waals surface area contributed by atoms with E-state index in [2.05, 4.69) is 15.6 Å². The molecule has 2 aromatic carbocycles. The molecular weight excluding hydrogens is 386 g/mol. The van der Waals surface area contributed by atoms with Gasteiger partial charge in [0.05, 0.1) is 6.26 Å². The van der Waals surface area contributed by atoms with Crippen LogP contribution in [0.5, 0.6) is 0 Å². The maximum absolute atomic E-state index is 11.9. The molecule has 2 heterocycles. The number of nitrogens with one attached hydrogen (secondary N) is 2. The van der Waals surface area contributed by atoms with Crippen LogP contribution in [0.4, 0.5) is 5.69 Å². The van der Waals surface area contributed by atoms with Gasteiger partial charge in [0.15, 0.2) is 16.5 Å². The van der Waals surface area contributed by atoms with Gasteiger partial charge in [-0.15, -0.1) is 0 Å². The highest BCUT2D eigenvalue weighted by Crippen LogP contribution is 2.27. The second-order valence-corrected chi connectivity index (χ2v) is 6.44. The number of fused-ring (bicyclic) bond motifs is 1. The summed E-state index contributed by atoms with van der Waals surface area (Å²) in [6.45, 7) is 0. The quantitative estimate of drug-likeness (QED) is 0.480. The van der Waals surface area contributed by atoms with E-state index in [4.69, 9.17) is 32.7 Å². The monoisotopic (exact) mass is 397 g/mol. The van der Waals surface area contributed by atoms with E-state index in [1.165, 1.54) is 6.26 Å². The number of hydrogen-bond donors (Lipinski definition) is 2. The number of halogens is 1. The first-order valence-corrected chi connectivity index (χ1v) is 8.69. The maximum atomic E-state index is 11.9. The fourth-order valence-electron chi connectivity index (χ4n) is 2.46. The molecule has 0 spiro atoms. The average Bonchev–Trinajstić information content (AvgIpc) is 3.31. The van der Waals surface area contributed by atoms with Crippen molar-refractivity contribution >= 4 is 51.6 Å². The van der Waals surface area contributed by atoms with Crippen molar-refractivity contribution in [3.8, 4) is 11.5 Å². The van der Waals surface area contributed by atoms with Crippen LogP contribution in [0.2, 0.25) is 5.02 Å². The zero-order chi connectivity index (χ0) is 18.8. The molecule has 0 saturated heterocycles.